The van der Waals surface area contributed by atoms with E-state index in [9.17, 15) is 13.5 Å². The maximum absolute atomic E-state index is 11.3. The molecule has 108 valence electrons. The zero-order valence-corrected chi connectivity index (χ0v) is 12.6. The van der Waals surface area contributed by atoms with E-state index < -0.39 is 9.84 Å². The van der Waals surface area contributed by atoms with Crippen molar-refractivity contribution in [2.45, 2.75) is 31.7 Å². The van der Waals surface area contributed by atoms with Crippen LogP contribution < -0.4 is 5.32 Å². The number of sulfone groups is 1. The average molecular weight is 285 g/mol. The summed E-state index contributed by atoms with van der Waals surface area (Å²) >= 11 is 0. The summed E-state index contributed by atoms with van der Waals surface area (Å²) in [4.78, 5) is 0.338. The molecule has 5 heteroatoms. The molecule has 0 aromatic heterocycles. The third kappa shape index (κ3) is 4.93. The van der Waals surface area contributed by atoms with Crippen molar-refractivity contribution in [2.75, 3.05) is 19.4 Å². The monoisotopic (exact) mass is 285 g/mol. The van der Waals surface area contributed by atoms with Crippen LogP contribution in [-0.2, 0) is 16.4 Å². The van der Waals surface area contributed by atoms with Crippen LogP contribution >= 0.6 is 0 Å². The van der Waals surface area contributed by atoms with Gasteiger partial charge in [0.25, 0.3) is 0 Å². The fourth-order valence-corrected chi connectivity index (χ4v) is 2.29. The number of hydrogen-bond donors (Lipinski definition) is 2. The predicted molar refractivity (Wildman–Crippen MR) is 76.7 cm³/mol. The van der Waals surface area contributed by atoms with E-state index in [-0.39, 0.29) is 12.0 Å². The molecule has 1 aromatic carbocycles. The lowest BCUT2D eigenvalue weighted by atomic mass is 9.88. The molecule has 0 aliphatic heterocycles. The predicted octanol–water partition coefficient (Wildman–Crippen LogP) is 1.59. The van der Waals surface area contributed by atoms with Gasteiger partial charge < -0.3 is 10.4 Å². The van der Waals surface area contributed by atoms with E-state index >= 15 is 0 Å². The Bertz CT molecular complexity index is 490. The molecule has 2 N–H and O–H groups in total. The Balaban J connectivity index is 2.56. The topological polar surface area (TPSA) is 66.4 Å². The fourth-order valence-electron chi connectivity index (χ4n) is 1.66. The number of aliphatic hydroxyl groups excluding tert-OH is 1. The molecule has 19 heavy (non-hydrogen) atoms. The van der Waals surface area contributed by atoms with Gasteiger partial charge in [-0.05, 0) is 24.1 Å². The van der Waals surface area contributed by atoms with Crippen molar-refractivity contribution in [3.63, 3.8) is 0 Å². The van der Waals surface area contributed by atoms with Crippen LogP contribution in [0.4, 0.5) is 0 Å². The lowest BCUT2D eigenvalue weighted by Gasteiger charge is -2.25. The Morgan fingerprint density at radius 3 is 2.26 bits per heavy atom. The second-order valence-corrected chi connectivity index (χ2v) is 7.36. The first-order valence-electron chi connectivity index (χ1n) is 6.41. The summed E-state index contributed by atoms with van der Waals surface area (Å²) in [5, 5.41) is 12.6. The van der Waals surface area contributed by atoms with Gasteiger partial charge in [-0.1, -0.05) is 26.0 Å². The van der Waals surface area contributed by atoms with Gasteiger partial charge in [-0.15, -0.1) is 0 Å². The molecule has 1 atom stereocenters. The molecule has 0 heterocycles. The minimum Gasteiger partial charge on any atom is -0.396 e. The number of rotatable bonds is 7. The number of nitrogens with one attached hydrogen (secondary N) is 1. The normalized spacial score (nSPS) is 15.2. The van der Waals surface area contributed by atoms with E-state index in [2.05, 4.69) is 12.2 Å². The number of hydrogen-bond acceptors (Lipinski definition) is 4. The molecule has 0 saturated carbocycles. The summed E-state index contributed by atoms with van der Waals surface area (Å²) in [6.45, 7) is 5.64. The first kappa shape index (κ1) is 16.1. The molecule has 0 spiro atoms. The van der Waals surface area contributed by atoms with Crippen LogP contribution in [-0.4, -0.2) is 32.9 Å². The molecule has 0 aliphatic rings. The molecule has 0 fully saturated rings. The molecule has 0 saturated heterocycles. The van der Waals surface area contributed by atoms with Crippen LogP contribution in [0.25, 0.3) is 0 Å². The highest BCUT2D eigenvalue weighted by atomic mass is 32.2. The van der Waals surface area contributed by atoms with Crippen molar-refractivity contribution in [2.24, 2.45) is 5.41 Å². The van der Waals surface area contributed by atoms with E-state index in [1.54, 1.807) is 12.1 Å². The highest BCUT2D eigenvalue weighted by molar-refractivity contribution is 7.90. The fraction of sp³-hybridized carbons (Fsp3) is 0.571. The summed E-state index contributed by atoms with van der Waals surface area (Å²) in [5.74, 6) is 0. The Labute approximate surface area is 115 Å². The zero-order chi connectivity index (χ0) is 14.5. The first-order chi connectivity index (χ1) is 8.80. The minimum atomic E-state index is -3.12. The smallest absolute Gasteiger partial charge is 0.175 e. The van der Waals surface area contributed by atoms with Crippen LogP contribution in [0.3, 0.4) is 0 Å². The SMILES string of the molecule is CCC(C)(CO)CNCc1ccc(S(C)(=O)=O)cc1. The molecular formula is C14H23NO3S. The largest absolute Gasteiger partial charge is 0.396 e. The van der Waals surface area contributed by atoms with Gasteiger partial charge in [-0.2, -0.15) is 0 Å². The first-order valence-corrected chi connectivity index (χ1v) is 8.30. The van der Waals surface area contributed by atoms with Crippen molar-refractivity contribution in [3.05, 3.63) is 29.8 Å². The molecule has 0 radical (unpaired) electrons. The van der Waals surface area contributed by atoms with Crippen molar-refractivity contribution in [3.8, 4) is 0 Å². The lowest BCUT2D eigenvalue weighted by Crippen LogP contribution is -2.34. The summed E-state index contributed by atoms with van der Waals surface area (Å²) in [5.41, 5.74) is 0.927. The highest BCUT2D eigenvalue weighted by Crippen LogP contribution is 2.18. The quantitative estimate of drug-likeness (QED) is 0.798. The van der Waals surface area contributed by atoms with E-state index in [0.717, 1.165) is 18.5 Å². The Hall–Kier alpha value is -0.910. The molecule has 1 unspecified atom stereocenters. The standard InChI is InChI=1S/C14H23NO3S/c1-4-14(2,11-16)10-15-9-12-5-7-13(8-6-12)19(3,17)18/h5-8,15-16H,4,9-11H2,1-3H3. The van der Waals surface area contributed by atoms with Crippen molar-refractivity contribution in [1.29, 1.82) is 0 Å². The summed E-state index contributed by atoms with van der Waals surface area (Å²) in [6, 6.07) is 6.87. The van der Waals surface area contributed by atoms with Crippen LogP contribution in [0.5, 0.6) is 0 Å². The van der Waals surface area contributed by atoms with Gasteiger partial charge in [0.1, 0.15) is 0 Å². The lowest BCUT2D eigenvalue weighted by molar-refractivity contribution is 0.135. The Morgan fingerprint density at radius 2 is 1.84 bits per heavy atom. The van der Waals surface area contributed by atoms with Crippen LogP contribution in [0, 0.1) is 5.41 Å². The maximum atomic E-state index is 11.3. The van der Waals surface area contributed by atoms with Gasteiger partial charge in [0, 0.05) is 31.4 Å². The van der Waals surface area contributed by atoms with Crippen molar-refractivity contribution >= 4 is 9.84 Å². The average Bonchev–Trinajstić information content (AvgIpc) is 2.38. The minimum absolute atomic E-state index is 0.104. The number of benzene rings is 1. The van der Waals surface area contributed by atoms with Gasteiger partial charge >= 0.3 is 0 Å². The molecule has 4 nitrogen and oxygen atoms in total. The summed E-state index contributed by atoms with van der Waals surface area (Å²) < 4.78 is 22.6. The molecule has 1 aromatic rings. The van der Waals surface area contributed by atoms with E-state index in [4.69, 9.17) is 0 Å². The van der Waals surface area contributed by atoms with Crippen molar-refractivity contribution < 1.29 is 13.5 Å². The molecule has 1 rings (SSSR count). The highest BCUT2D eigenvalue weighted by Gasteiger charge is 2.20. The van der Waals surface area contributed by atoms with Gasteiger partial charge in [0.15, 0.2) is 9.84 Å². The van der Waals surface area contributed by atoms with Crippen LogP contribution in [0.2, 0.25) is 0 Å². The summed E-state index contributed by atoms with van der Waals surface area (Å²) in [6.07, 6.45) is 2.11. The van der Waals surface area contributed by atoms with Gasteiger partial charge in [0.2, 0.25) is 0 Å². The van der Waals surface area contributed by atoms with E-state index in [0.29, 0.717) is 11.4 Å². The zero-order valence-electron chi connectivity index (χ0n) is 11.8. The molecule has 0 aliphatic carbocycles. The molecular weight excluding hydrogens is 262 g/mol. The molecule has 0 amide bonds. The van der Waals surface area contributed by atoms with Crippen LogP contribution in [0.1, 0.15) is 25.8 Å². The third-order valence-electron chi connectivity index (χ3n) is 3.47. The summed E-state index contributed by atoms with van der Waals surface area (Å²) in [7, 11) is -3.12. The van der Waals surface area contributed by atoms with Crippen LogP contribution in [0.15, 0.2) is 29.2 Å². The van der Waals surface area contributed by atoms with E-state index in [1.807, 2.05) is 19.1 Å². The van der Waals surface area contributed by atoms with Crippen molar-refractivity contribution in [1.82, 2.24) is 5.32 Å². The van der Waals surface area contributed by atoms with Gasteiger partial charge in [-0.3, -0.25) is 0 Å². The third-order valence-corrected chi connectivity index (χ3v) is 4.60. The van der Waals surface area contributed by atoms with Gasteiger partial charge in [0.05, 0.1) is 4.90 Å². The second-order valence-electron chi connectivity index (χ2n) is 5.34. The Kier molecular flexibility index (Phi) is 5.52. The molecule has 0 bridgehead atoms. The number of aliphatic hydroxyl groups is 1. The Morgan fingerprint density at radius 1 is 1.26 bits per heavy atom. The van der Waals surface area contributed by atoms with E-state index in [1.165, 1.54) is 6.26 Å². The van der Waals surface area contributed by atoms with Gasteiger partial charge in [-0.25, -0.2) is 8.42 Å². The maximum Gasteiger partial charge on any atom is 0.175 e. The second kappa shape index (κ2) is 6.50.